The summed E-state index contributed by atoms with van der Waals surface area (Å²) < 4.78 is 10.5. The van der Waals surface area contributed by atoms with Crippen LogP contribution in [0.2, 0.25) is 0 Å². The summed E-state index contributed by atoms with van der Waals surface area (Å²) in [6.45, 7) is 3.00. The van der Waals surface area contributed by atoms with Gasteiger partial charge in [-0.15, -0.1) is 11.3 Å². The SMILES string of the molecule is CC(C)OC(=O)c1c(NC(=O)COC(=O)c2cc3ccccc3cc2O)sc2c1CCCC2. The van der Waals surface area contributed by atoms with Gasteiger partial charge in [-0.1, -0.05) is 24.3 Å². The quantitative estimate of drug-likeness (QED) is 0.503. The number of carbonyl (C=O) groups is 3. The lowest BCUT2D eigenvalue weighted by atomic mass is 9.95. The first-order chi connectivity index (χ1) is 15.8. The number of esters is 2. The predicted molar refractivity (Wildman–Crippen MR) is 126 cm³/mol. The number of thiophene rings is 1. The average molecular weight is 468 g/mol. The molecule has 0 unspecified atom stereocenters. The molecule has 1 amide bonds. The van der Waals surface area contributed by atoms with Crippen LogP contribution in [0.15, 0.2) is 36.4 Å². The lowest BCUT2D eigenvalue weighted by Gasteiger charge is -2.14. The highest BCUT2D eigenvalue weighted by atomic mass is 32.1. The first-order valence-electron chi connectivity index (χ1n) is 10.9. The molecule has 0 radical (unpaired) electrons. The van der Waals surface area contributed by atoms with Gasteiger partial charge < -0.3 is 19.9 Å². The molecule has 0 saturated carbocycles. The minimum absolute atomic E-state index is 0.0192. The van der Waals surface area contributed by atoms with Gasteiger partial charge in [0.25, 0.3) is 5.91 Å². The zero-order valence-electron chi connectivity index (χ0n) is 18.5. The summed E-state index contributed by atoms with van der Waals surface area (Å²) in [5, 5.41) is 14.9. The van der Waals surface area contributed by atoms with Gasteiger partial charge in [0.15, 0.2) is 6.61 Å². The molecule has 0 saturated heterocycles. The Bertz CT molecular complexity index is 1230. The van der Waals surface area contributed by atoms with Crippen molar-refractivity contribution in [3.8, 4) is 5.75 Å². The van der Waals surface area contributed by atoms with Crippen molar-refractivity contribution < 1.29 is 29.0 Å². The fourth-order valence-corrected chi connectivity index (χ4v) is 5.20. The molecule has 33 heavy (non-hydrogen) atoms. The lowest BCUT2D eigenvalue weighted by molar-refractivity contribution is -0.119. The maximum absolute atomic E-state index is 12.7. The van der Waals surface area contributed by atoms with Crippen molar-refractivity contribution in [2.45, 2.75) is 45.6 Å². The van der Waals surface area contributed by atoms with Gasteiger partial charge in [-0.05, 0) is 68.0 Å². The summed E-state index contributed by atoms with van der Waals surface area (Å²) in [5.74, 6) is -2.05. The Morgan fingerprint density at radius 3 is 2.48 bits per heavy atom. The summed E-state index contributed by atoms with van der Waals surface area (Å²) in [4.78, 5) is 38.8. The van der Waals surface area contributed by atoms with E-state index in [2.05, 4.69) is 5.32 Å². The summed E-state index contributed by atoms with van der Waals surface area (Å²) in [6, 6.07) is 10.3. The van der Waals surface area contributed by atoms with Gasteiger partial charge in [0.05, 0.1) is 11.7 Å². The van der Waals surface area contributed by atoms with E-state index >= 15 is 0 Å². The van der Waals surface area contributed by atoms with Crippen LogP contribution in [0.5, 0.6) is 5.75 Å². The molecular weight excluding hydrogens is 442 g/mol. The van der Waals surface area contributed by atoms with Crippen LogP contribution in [0, 0.1) is 0 Å². The minimum atomic E-state index is -0.807. The van der Waals surface area contributed by atoms with Crippen LogP contribution in [0.1, 0.15) is 57.8 Å². The van der Waals surface area contributed by atoms with Crippen LogP contribution >= 0.6 is 11.3 Å². The van der Waals surface area contributed by atoms with Gasteiger partial charge in [0, 0.05) is 4.88 Å². The zero-order valence-corrected chi connectivity index (χ0v) is 19.3. The highest BCUT2D eigenvalue weighted by Gasteiger charge is 2.28. The Labute approximate surface area is 195 Å². The second-order valence-electron chi connectivity index (χ2n) is 8.21. The predicted octanol–water partition coefficient (Wildman–Crippen LogP) is 4.85. The summed E-state index contributed by atoms with van der Waals surface area (Å²) in [5.41, 5.74) is 1.31. The summed E-state index contributed by atoms with van der Waals surface area (Å²) in [6.07, 6.45) is 3.35. The second-order valence-corrected chi connectivity index (χ2v) is 9.32. The molecule has 1 aliphatic carbocycles. The largest absolute Gasteiger partial charge is 0.507 e. The number of amides is 1. The normalized spacial score (nSPS) is 12.9. The fraction of sp³-hybridized carbons (Fsp3) is 0.320. The Balaban J connectivity index is 1.47. The van der Waals surface area contributed by atoms with Crippen LogP contribution in [0.4, 0.5) is 5.00 Å². The molecule has 1 aromatic heterocycles. The molecule has 8 heteroatoms. The van der Waals surface area contributed by atoms with Crippen LogP contribution in [-0.2, 0) is 27.1 Å². The first kappa shape index (κ1) is 22.8. The number of benzene rings is 2. The molecule has 0 fully saturated rings. The van der Waals surface area contributed by atoms with Crippen molar-refractivity contribution in [1.29, 1.82) is 0 Å². The van der Waals surface area contributed by atoms with E-state index in [1.54, 1.807) is 13.8 Å². The van der Waals surface area contributed by atoms with Gasteiger partial charge in [0.1, 0.15) is 16.3 Å². The van der Waals surface area contributed by atoms with E-state index in [1.807, 2.05) is 24.3 Å². The van der Waals surface area contributed by atoms with Gasteiger partial charge in [-0.3, -0.25) is 4.79 Å². The van der Waals surface area contributed by atoms with Crippen LogP contribution < -0.4 is 5.32 Å². The molecule has 7 nitrogen and oxygen atoms in total. The highest BCUT2D eigenvalue weighted by molar-refractivity contribution is 7.17. The van der Waals surface area contributed by atoms with E-state index in [-0.39, 0.29) is 17.4 Å². The van der Waals surface area contributed by atoms with Gasteiger partial charge in [-0.2, -0.15) is 0 Å². The molecule has 2 N–H and O–H groups in total. The van der Waals surface area contributed by atoms with Crippen LogP contribution in [0.25, 0.3) is 10.8 Å². The third-order valence-corrected chi connectivity index (χ3v) is 6.60. The Kier molecular flexibility index (Phi) is 6.65. The molecule has 1 aliphatic rings. The fourth-order valence-electron chi connectivity index (χ4n) is 3.91. The van der Waals surface area contributed by atoms with E-state index in [9.17, 15) is 19.5 Å². The molecule has 0 atom stereocenters. The summed E-state index contributed by atoms with van der Waals surface area (Å²) in [7, 11) is 0. The van der Waals surface area contributed by atoms with Gasteiger partial charge >= 0.3 is 11.9 Å². The number of hydrogen-bond acceptors (Lipinski definition) is 7. The number of phenolic OH excluding ortho intramolecular Hbond substituents is 1. The smallest absolute Gasteiger partial charge is 0.342 e. The van der Waals surface area contributed by atoms with E-state index < -0.39 is 24.5 Å². The minimum Gasteiger partial charge on any atom is -0.507 e. The maximum Gasteiger partial charge on any atom is 0.342 e. The number of aromatic hydroxyl groups is 1. The summed E-state index contributed by atoms with van der Waals surface area (Å²) >= 11 is 1.37. The van der Waals surface area contributed by atoms with E-state index in [0.717, 1.165) is 46.9 Å². The van der Waals surface area contributed by atoms with Crippen LogP contribution in [0.3, 0.4) is 0 Å². The average Bonchev–Trinajstić information content (AvgIpc) is 3.14. The van der Waals surface area contributed by atoms with E-state index in [1.165, 1.54) is 23.5 Å². The number of nitrogens with one attached hydrogen (secondary N) is 1. The third-order valence-electron chi connectivity index (χ3n) is 5.39. The van der Waals surface area contributed by atoms with Crippen molar-refractivity contribution in [3.05, 3.63) is 58.0 Å². The monoisotopic (exact) mass is 467 g/mol. The molecular formula is C25H25NO6S. The molecule has 3 aromatic rings. The second kappa shape index (κ2) is 9.62. The first-order valence-corrected chi connectivity index (χ1v) is 11.7. The molecule has 0 bridgehead atoms. The number of carbonyl (C=O) groups excluding carboxylic acids is 3. The highest BCUT2D eigenvalue weighted by Crippen LogP contribution is 2.38. The molecule has 1 heterocycles. The number of hydrogen-bond donors (Lipinski definition) is 2. The van der Waals surface area contributed by atoms with E-state index in [4.69, 9.17) is 9.47 Å². The molecule has 4 rings (SSSR count). The number of rotatable bonds is 6. The van der Waals surface area contributed by atoms with Crippen molar-refractivity contribution in [3.63, 3.8) is 0 Å². The lowest BCUT2D eigenvalue weighted by Crippen LogP contribution is -2.22. The zero-order chi connectivity index (χ0) is 23.5. The Morgan fingerprint density at radius 2 is 1.76 bits per heavy atom. The third kappa shape index (κ3) is 5.01. The number of ether oxygens (including phenoxy) is 2. The maximum atomic E-state index is 12.7. The molecule has 2 aromatic carbocycles. The van der Waals surface area contributed by atoms with Gasteiger partial charge in [0.2, 0.25) is 0 Å². The Morgan fingerprint density at radius 1 is 1.06 bits per heavy atom. The van der Waals surface area contributed by atoms with Gasteiger partial charge in [-0.25, -0.2) is 9.59 Å². The topological polar surface area (TPSA) is 102 Å². The molecule has 0 spiro atoms. The number of aryl methyl sites for hydroxylation is 1. The van der Waals surface area contributed by atoms with Crippen molar-refractivity contribution in [2.75, 3.05) is 11.9 Å². The number of anilines is 1. The molecule has 172 valence electrons. The number of phenols is 1. The number of fused-ring (bicyclic) bond motifs is 2. The standard InChI is InChI=1S/C25H25NO6S/c1-14(2)32-25(30)22-17-9-5-6-10-20(17)33-23(22)26-21(28)13-31-24(29)18-11-15-7-3-4-8-16(15)12-19(18)27/h3-4,7-8,11-12,14,27H,5-6,9-10,13H2,1-2H3,(H,26,28). The molecule has 0 aliphatic heterocycles. The van der Waals surface area contributed by atoms with Crippen molar-refractivity contribution in [2.24, 2.45) is 0 Å². The van der Waals surface area contributed by atoms with Crippen LogP contribution in [-0.4, -0.2) is 35.7 Å². The Hall–Kier alpha value is -3.39. The van der Waals surface area contributed by atoms with Crippen molar-refractivity contribution >= 4 is 45.0 Å². The van der Waals surface area contributed by atoms with E-state index in [0.29, 0.717) is 10.6 Å². The van der Waals surface area contributed by atoms with Crippen molar-refractivity contribution in [1.82, 2.24) is 0 Å².